The topological polar surface area (TPSA) is 36.3 Å². The van der Waals surface area contributed by atoms with Crippen molar-refractivity contribution in [1.29, 1.82) is 5.26 Å². The molecule has 0 saturated carbocycles. The molecule has 1 heterocycles. The molecule has 0 N–H and O–H groups in total. The van der Waals surface area contributed by atoms with Crippen LogP contribution in [0.3, 0.4) is 0 Å². The van der Waals surface area contributed by atoms with Crippen molar-refractivity contribution < 1.29 is 4.74 Å². The largest absolute Gasteiger partial charge is 0.381 e. The minimum absolute atomic E-state index is 0.180. The van der Waals surface area contributed by atoms with Crippen molar-refractivity contribution in [3.05, 3.63) is 0 Å². The van der Waals surface area contributed by atoms with Crippen molar-refractivity contribution in [3.8, 4) is 6.07 Å². The molecular formula is C10H18N2O. The quantitative estimate of drug-likeness (QED) is 0.656. The maximum absolute atomic E-state index is 9.01. The van der Waals surface area contributed by atoms with E-state index in [0.717, 1.165) is 32.6 Å². The van der Waals surface area contributed by atoms with Gasteiger partial charge in [0.1, 0.15) is 0 Å². The number of rotatable bonds is 3. The summed E-state index contributed by atoms with van der Waals surface area (Å²) in [5.41, 5.74) is 0. The van der Waals surface area contributed by atoms with Gasteiger partial charge in [0.25, 0.3) is 0 Å². The third kappa shape index (κ3) is 3.33. The molecule has 0 bridgehead atoms. The average Bonchev–Trinajstić information content (AvgIpc) is 2.15. The van der Waals surface area contributed by atoms with E-state index in [9.17, 15) is 0 Å². The molecule has 1 saturated heterocycles. The van der Waals surface area contributed by atoms with Crippen LogP contribution in [0.2, 0.25) is 0 Å². The van der Waals surface area contributed by atoms with Crippen LogP contribution in [0.5, 0.6) is 0 Å². The molecule has 0 aromatic carbocycles. The van der Waals surface area contributed by atoms with Gasteiger partial charge in [-0.1, -0.05) is 0 Å². The Balaban J connectivity index is 2.40. The second kappa shape index (κ2) is 5.21. The molecule has 3 heteroatoms. The second-order valence-corrected chi connectivity index (χ2v) is 3.95. The summed E-state index contributed by atoms with van der Waals surface area (Å²) in [7, 11) is 4.04. The van der Waals surface area contributed by atoms with Crippen molar-refractivity contribution >= 4 is 0 Å². The molecule has 0 aliphatic carbocycles. The van der Waals surface area contributed by atoms with Gasteiger partial charge in [-0.05, 0) is 32.9 Å². The molecule has 1 rings (SSSR count). The van der Waals surface area contributed by atoms with Gasteiger partial charge < -0.3 is 9.64 Å². The molecule has 1 aliphatic rings. The summed E-state index contributed by atoms with van der Waals surface area (Å²) in [6.07, 6.45) is 2.10. The Labute approximate surface area is 80.3 Å². The van der Waals surface area contributed by atoms with Crippen molar-refractivity contribution in [2.24, 2.45) is 11.8 Å². The van der Waals surface area contributed by atoms with E-state index in [1.54, 1.807) is 0 Å². The predicted octanol–water partition coefficient (Wildman–Crippen LogP) is 1.11. The predicted molar refractivity (Wildman–Crippen MR) is 51.2 cm³/mol. The smallest absolute Gasteiger partial charge is 0.0672 e. The fourth-order valence-electron chi connectivity index (χ4n) is 1.81. The lowest BCUT2D eigenvalue weighted by molar-refractivity contribution is 0.0511. The Kier molecular flexibility index (Phi) is 4.20. The molecule has 74 valence electrons. The Morgan fingerprint density at radius 1 is 1.46 bits per heavy atom. The molecule has 1 atom stereocenters. The van der Waals surface area contributed by atoms with E-state index in [1.807, 2.05) is 14.1 Å². The zero-order valence-corrected chi connectivity index (χ0v) is 8.49. The average molecular weight is 182 g/mol. The summed E-state index contributed by atoms with van der Waals surface area (Å²) in [4.78, 5) is 2.09. The summed E-state index contributed by atoms with van der Waals surface area (Å²) >= 11 is 0. The molecule has 3 nitrogen and oxygen atoms in total. The Hall–Kier alpha value is -0.590. The lowest BCUT2D eigenvalue weighted by atomic mass is 9.87. The molecule has 13 heavy (non-hydrogen) atoms. The van der Waals surface area contributed by atoms with Crippen molar-refractivity contribution in [1.82, 2.24) is 4.90 Å². The first-order valence-electron chi connectivity index (χ1n) is 4.86. The van der Waals surface area contributed by atoms with E-state index in [2.05, 4.69) is 11.0 Å². The Bertz CT molecular complexity index is 180. The van der Waals surface area contributed by atoms with E-state index in [1.165, 1.54) is 0 Å². The molecule has 0 aromatic heterocycles. The summed E-state index contributed by atoms with van der Waals surface area (Å²) in [5.74, 6) is 0.722. The Morgan fingerprint density at radius 3 is 2.54 bits per heavy atom. The van der Waals surface area contributed by atoms with Crippen LogP contribution in [0.1, 0.15) is 12.8 Å². The van der Waals surface area contributed by atoms with Crippen molar-refractivity contribution in [2.45, 2.75) is 12.8 Å². The highest BCUT2D eigenvalue weighted by molar-refractivity contribution is 4.90. The second-order valence-electron chi connectivity index (χ2n) is 3.95. The highest BCUT2D eigenvalue weighted by Crippen LogP contribution is 2.23. The molecule has 1 fully saturated rings. The van der Waals surface area contributed by atoms with Crippen LogP contribution >= 0.6 is 0 Å². The van der Waals surface area contributed by atoms with Gasteiger partial charge in [0, 0.05) is 19.8 Å². The third-order valence-corrected chi connectivity index (χ3v) is 2.56. The first-order valence-corrected chi connectivity index (χ1v) is 4.86. The minimum Gasteiger partial charge on any atom is -0.381 e. The molecule has 0 spiro atoms. The molecular weight excluding hydrogens is 164 g/mol. The summed E-state index contributed by atoms with van der Waals surface area (Å²) < 4.78 is 5.28. The monoisotopic (exact) mass is 182 g/mol. The normalized spacial score (nSPS) is 21.4. The SMILES string of the molecule is CN(C)CC(C#N)C1CCOCC1. The van der Waals surface area contributed by atoms with Gasteiger partial charge in [-0.2, -0.15) is 5.26 Å². The van der Waals surface area contributed by atoms with Crippen LogP contribution in [0.4, 0.5) is 0 Å². The number of nitrogens with zero attached hydrogens (tertiary/aromatic N) is 2. The van der Waals surface area contributed by atoms with E-state index in [-0.39, 0.29) is 5.92 Å². The highest BCUT2D eigenvalue weighted by atomic mass is 16.5. The van der Waals surface area contributed by atoms with Crippen LogP contribution in [0.25, 0.3) is 0 Å². The fraction of sp³-hybridized carbons (Fsp3) is 0.900. The number of ether oxygens (including phenoxy) is 1. The van der Waals surface area contributed by atoms with Gasteiger partial charge in [-0.3, -0.25) is 0 Å². The maximum Gasteiger partial charge on any atom is 0.0672 e. The maximum atomic E-state index is 9.01. The standard InChI is InChI=1S/C10H18N2O/c1-12(2)8-10(7-11)9-3-5-13-6-4-9/h9-10H,3-6,8H2,1-2H3. The molecule has 0 amide bonds. The summed E-state index contributed by atoms with van der Waals surface area (Å²) in [6.45, 7) is 2.54. The molecule has 0 aromatic rings. The van der Waals surface area contributed by atoms with Gasteiger partial charge in [0.05, 0.1) is 12.0 Å². The van der Waals surface area contributed by atoms with E-state index >= 15 is 0 Å². The van der Waals surface area contributed by atoms with Gasteiger partial charge in [-0.15, -0.1) is 0 Å². The zero-order valence-electron chi connectivity index (χ0n) is 8.49. The zero-order chi connectivity index (χ0) is 9.68. The van der Waals surface area contributed by atoms with Gasteiger partial charge >= 0.3 is 0 Å². The molecule has 0 radical (unpaired) electrons. The van der Waals surface area contributed by atoms with E-state index in [4.69, 9.17) is 10.00 Å². The molecule has 1 unspecified atom stereocenters. The Morgan fingerprint density at radius 2 is 2.08 bits per heavy atom. The third-order valence-electron chi connectivity index (χ3n) is 2.56. The van der Waals surface area contributed by atoms with Crippen molar-refractivity contribution in [3.63, 3.8) is 0 Å². The number of hydrogen-bond acceptors (Lipinski definition) is 3. The van der Waals surface area contributed by atoms with Crippen LogP contribution in [-0.4, -0.2) is 38.8 Å². The van der Waals surface area contributed by atoms with E-state index in [0.29, 0.717) is 5.92 Å². The van der Waals surface area contributed by atoms with Gasteiger partial charge in [0.15, 0.2) is 0 Å². The fourth-order valence-corrected chi connectivity index (χ4v) is 1.81. The van der Waals surface area contributed by atoms with Crippen LogP contribution in [0.15, 0.2) is 0 Å². The van der Waals surface area contributed by atoms with Crippen LogP contribution in [-0.2, 0) is 4.74 Å². The number of hydrogen-bond donors (Lipinski definition) is 0. The lowest BCUT2D eigenvalue weighted by Crippen LogP contribution is -2.30. The van der Waals surface area contributed by atoms with E-state index < -0.39 is 0 Å². The van der Waals surface area contributed by atoms with Gasteiger partial charge in [0.2, 0.25) is 0 Å². The summed E-state index contributed by atoms with van der Waals surface area (Å²) in [5, 5.41) is 9.01. The van der Waals surface area contributed by atoms with Crippen LogP contribution < -0.4 is 0 Å². The molecule has 1 aliphatic heterocycles. The van der Waals surface area contributed by atoms with Crippen molar-refractivity contribution in [2.75, 3.05) is 33.9 Å². The highest BCUT2D eigenvalue weighted by Gasteiger charge is 2.23. The first-order chi connectivity index (χ1) is 6.24. The number of nitriles is 1. The summed E-state index contributed by atoms with van der Waals surface area (Å²) in [6, 6.07) is 2.41. The first kappa shape index (κ1) is 10.5. The van der Waals surface area contributed by atoms with Gasteiger partial charge in [-0.25, -0.2) is 0 Å². The minimum atomic E-state index is 0.180. The van der Waals surface area contributed by atoms with Crippen LogP contribution in [0, 0.1) is 23.2 Å². The lowest BCUT2D eigenvalue weighted by Gasteiger charge is -2.27.